The van der Waals surface area contributed by atoms with Crippen molar-refractivity contribution in [2.45, 2.75) is 70.5 Å². The van der Waals surface area contributed by atoms with Crippen LogP contribution >= 0.6 is 0 Å². The minimum atomic E-state index is 0.0775. The van der Waals surface area contributed by atoms with Crippen molar-refractivity contribution in [2.75, 3.05) is 18.0 Å². The molecule has 4 nitrogen and oxygen atoms in total. The molecule has 0 spiro atoms. The molecular weight excluding hydrogens is 334 g/mol. The lowest BCUT2D eigenvalue weighted by Crippen LogP contribution is -2.34. The Morgan fingerprint density at radius 3 is 2.41 bits per heavy atom. The van der Waals surface area contributed by atoms with Crippen LogP contribution in [0.3, 0.4) is 0 Å². The van der Waals surface area contributed by atoms with Crippen LogP contribution in [-0.4, -0.2) is 25.3 Å². The molecule has 4 rings (SSSR count). The Morgan fingerprint density at radius 2 is 1.78 bits per heavy atom. The van der Waals surface area contributed by atoms with Crippen molar-refractivity contribution in [2.24, 2.45) is 0 Å². The lowest BCUT2D eigenvalue weighted by Gasteiger charge is -2.37. The van der Waals surface area contributed by atoms with Gasteiger partial charge in [0.1, 0.15) is 17.7 Å². The number of ether oxygens (including phenoxy) is 1. The van der Waals surface area contributed by atoms with Gasteiger partial charge in [-0.25, -0.2) is 0 Å². The first-order valence-electron chi connectivity index (χ1n) is 10.2. The highest BCUT2D eigenvalue weighted by Crippen LogP contribution is 2.37. The van der Waals surface area contributed by atoms with Gasteiger partial charge in [0.05, 0.1) is 12.2 Å². The Morgan fingerprint density at radius 1 is 1.11 bits per heavy atom. The van der Waals surface area contributed by atoms with Crippen LogP contribution in [-0.2, 0) is 24.0 Å². The molecule has 1 fully saturated rings. The maximum Gasteiger partial charge on any atom is 0.129 e. The number of hydrogen-bond donors (Lipinski definition) is 0. The van der Waals surface area contributed by atoms with Crippen LogP contribution in [0.15, 0.2) is 23.3 Å². The highest BCUT2D eigenvalue weighted by atomic mass is 16.5. The van der Waals surface area contributed by atoms with Crippen LogP contribution in [0, 0.1) is 22.7 Å². The maximum absolute atomic E-state index is 9.18. The molecule has 1 saturated heterocycles. The first-order chi connectivity index (χ1) is 13.2. The van der Waals surface area contributed by atoms with Gasteiger partial charge in [-0.15, -0.1) is 0 Å². The largest absolute Gasteiger partial charge is 0.375 e. The number of benzene rings is 1. The Balaban J connectivity index is 1.49. The summed E-state index contributed by atoms with van der Waals surface area (Å²) in [5, 5.41) is 18.4. The second kappa shape index (κ2) is 7.75. The third-order valence-corrected chi connectivity index (χ3v) is 6.16. The maximum atomic E-state index is 9.18. The molecule has 1 aromatic carbocycles. The van der Waals surface area contributed by atoms with Gasteiger partial charge in [0.2, 0.25) is 0 Å². The van der Waals surface area contributed by atoms with E-state index in [4.69, 9.17) is 4.74 Å². The second-order valence-corrected chi connectivity index (χ2v) is 8.17. The van der Waals surface area contributed by atoms with Gasteiger partial charge in [0.15, 0.2) is 0 Å². The molecule has 0 saturated carbocycles. The molecule has 0 bridgehead atoms. The normalized spacial score (nSPS) is 24.0. The van der Waals surface area contributed by atoms with E-state index in [-0.39, 0.29) is 17.8 Å². The predicted molar refractivity (Wildman–Crippen MR) is 105 cm³/mol. The lowest BCUT2D eigenvalue weighted by atomic mass is 9.88. The fourth-order valence-electron chi connectivity index (χ4n) is 5.03. The number of aryl methyl sites for hydroxylation is 3. The second-order valence-electron chi connectivity index (χ2n) is 8.17. The number of nitriles is 2. The van der Waals surface area contributed by atoms with E-state index >= 15 is 0 Å². The summed E-state index contributed by atoms with van der Waals surface area (Å²) in [5.74, 6) is 0. The average Bonchev–Trinajstić information content (AvgIpc) is 2.67. The summed E-state index contributed by atoms with van der Waals surface area (Å²) in [6.45, 7) is 4.46. The zero-order valence-corrected chi connectivity index (χ0v) is 16.1. The van der Waals surface area contributed by atoms with Crippen LogP contribution in [0.4, 0.5) is 5.69 Å². The molecule has 3 aliphatic heterocycles. The molecule has 2 atom stereocenters. The molecule has 0 aliphatic carbocycles. The van der Waals surface area contributed by atoms with Crippen LogP contribution in [0.1, 0.15) is 55.7 Å². The zero-order valence-electron chi connectivity index (χ0n) is 16.1. The topological polar surface area (TPSA) is 60.0 Å². The highest BCUT2D eigenvalue weighted by Gasteiger charge is 2.27. The van der Waals surface area contributed by atoms with Crippen molar-refractivity contribution < 1.29 is 4.74 Å². The van der Waals surface area contributed by atoms with Gasteiger partial charge in [-0.3, -0.25) is 0 Å². The summed E-state index contributed by atoms with van der Waals surface area (Å²) in [6.07, 6.45) is 8.46. The van der Waals surface area contributed by atoms with Crippen molar-refractivity contribution in [3.05, 3.63) is 40.0 Å². The molecule has 0 N–H and O–H groups in total. The van der Waals surface area contributed by atoms with Crippen LogP contribution in [0.25, 0.3) is 0 Å². The molecule has 0 amide bonds. The molecule has 0 aromatic heterocycles. The van der Waals surface area contributed by atoms with Crippen molar-refractivity contribution in [1.82, 2.24) is 0 Å². The quantitative estimate of drug-likeness (QED) is 0.756. The Bertz CT molecular complexity index is 795. The van der Waals surface area contributed by atoms with E-state index in [9.17, 15) is 10.5 Å². The van der Waals surface area contributed by atoms with Crippen LogP contribution in [0.2, 0.25) is 0 Å². The van der Waals surface area contributed by atoms with E-state index in [2.05, 4.69) is 29.2 Å². The average molecular weight is 361 g/mol. The van der Waals surface area contributed by atoms with Crippen molar-refractivity contribution in [3.8, 4) is 12.1 Å². The molecule has 4 heteroatoms. The number of hydrogen-bond acceptors (Lipinski definition) is 4. The van der Waals surface area contributed by atoms with Gasteiger partial charge in [-0.05, 0) is 80.6 Å². The van der Waals surface area contributed by atoms with Gasteiger partial charge in [0, 0.05) is 18.8 Å². The van der Waals surface area contributed by atoms with Gasteiger partial charge in [-0.2, -0.15) is 10.5 Å². The molecular formula is C23H27N3O. The van der Waals surface area contributed by atoms with E-state index < -0.39 is 0 Å². The Labute approximate surface area is 162 Å². The summed E-state index contributed by atoms with van der Waals surface area (Å²) in [5.41, 5.74) is 7.26. The summed E-state index contributed by atoms with van der Waals surface area (Å²) < 4.78 is 6.11. The minimum absolute atomic E-state index is 0.0775. The SMILES string of the molecule is CC1CC(=C(C#N)C#N)CC(CCc2cc3c4c(c2)CCCN4CCC3)O1. The number of rotatable bonds is 3. The first-order valence-corrected chi connectivity index (χ1v) is 10.2. The fraction of sp³-hybridized carbons (Fsp3) is 0.565. The third-order valence-electron chi connectivity index (χ3n) is 6.16. The van der Waals surface area contributed by atoms with Crippen LogP contribution < -0.4 is 4.90 Å². The fourth-order valence-corrected chi connectivity index (χ4v) is 5.03. The predicted octanol–water partition coefficient (Wildman–Crippen LogP) is 4.23. The molecule has 0 radical (unpaired) electrons. The number of anilines is 1. The molecule has 3 aliphatic rings. The third kappa shape index (κ3) is 3.73. The minimum Gasteiger partial charge on any atom is -0.375 e. The molecule has 2 unspecified atom stereocenters. The van der Waals surface area contributed by atoms with Crippen molar-refractivity contribution in [1.29, 1.82) is 10.5 Å². The summed E-state index contributed by atoms with van der Waals surface area (Å²) in [4.78, 5) is 2.58. The first kappa shape index (κ1) is 18.1. The van der Waals surface area contributed by atoms with E-state index in [0.717, 1.165) is 18.4 Å². The highest BCUT2D eigenvalue weighted by molar-refractivity contribution is 5.64. The van der Waals surface area contributed by atoms with E-state index in [0.29, 0.717) is 12.8 Å². The molecule has 140 valence electrons. The van der Waals surface area contributed by atoms with Crippen molar-refractivity contribution in [3.63, 3.8) is 0 Å². The van der Waals surface area contributed by atoms with Crippen molar-refractivity contribution >= 4 is 5.69 Å². The number of nitrogens with zero attached hydrogens (tertiary/aromatic N) is 3. The van der Waals surface area contributed by atoms with Gasteiger partial charge < -0.3 is 9.64 Å². The monoisotopic (exact) mass is 361 g/mol. The Kier molecular flexibility index (Phi) is 5.19. The molecule has 1 aromatic rings. The summed E-state index contributed by atoms with van der Waals surface area (Å²) in [6, 6.07) is 8.93. The molecule has 27 heavy (non-hydrogen) atoms. The summed E-state index contributed by atoms with van der Waals surface area (Å²) in [7, 11) is 0. The molecule has 3 heterocycles. The number of allylic oxidation sites excluding steroid dienone is 1. The summed E-state index contributed by atoms with van der Waals surface area (Å²) >= 11 is 0. The van der Waals surface area contributed by atoms with Gasteiger partial charge in [-0.1, -0.05) is 12.1 Å². The lowest BCUT2D eigenvalue weighted by molar-refractivity contribution is -0.0247. The van der Waals surface area contributed by atoms with Gasteiger partial charge >= 0.3 is 0 Å². The van der Waals surface area contributed by atoms with Gasteiger partial charge in [0.25, 0.3) is 0 Å². The zero-order chi connectivity index (χ0) is 18.8. The van der Waals surface area contributed by atoms with E-state index in [1.165, 1.54) is 61.2 Å². The van der Waals surface area contributed by atoms with Crippen LogP contribution in [0.5, 0.6) is 0 Å². The van der Waals surface area contributed by atoms with E-state index in [1.807, 2.05) is 6.92 Å². The standard InChI is InChI=1S/C23H27N3O/c1-16-10-20(21(14-24)15-25)13-22(27-16)7-6-17-11-18-4-2-8-26-9-3-5-19(12-17)23(18)26/h11-12,16,22H,2-10,13H2,1H3. The van der Waals surface area contributed by atoms with E-state index in [1.54, 1.807) is 0 Å². The Hall–Kier alpha value is -2.30. The smallest absolute Gasteiger partial charge is 0.129 e.